The molecule has 0 aliphatic rings. The fourth-order valence-electron chi connectivity index (χ4n) is 4.08. The van der Waals surface area contributed by atoms with Crippen LogP contribution in [0.4, 0.5) is 10.5 Å². The Hall–Kier alpha value is -5.21. The molecule has 0 bridgehead atoms. The van der Waals surface area contributed by atoms with Crippen LogP contribution >= 0.6 is 0 Å². The number of benzene rings is 3. The van der Waals surface area contributed by atoms with Gasteiger partial charge in [0.2, 0.25) is 0 Å². The third-order valence-electron chi connectivity index (χ3n) is 5.92. The summed E-state index contributed by atoms with van der Waals surface area (Å²) < 4.78 is 10.6. The Bertz CT molecular complexity index is 1450. The quantitative estimate of drug-likeness (QED) is 0.291. The summed E-state index contributed by atoms with van der Waals surface area (Å²) in [6.45, 7) is 5.14. The van der Waals surface area contributed by atoms with Crippen LogP contribution in [-0.2, 0) is 20.7 Å². The van der Waals surface area contributed by atoms with Crippen molar-refractivity contribution in [1.29, 1.82) is 0 Å². The number of methoxy groups -OCH3 is 1. The highest BCUT2D eigenvalue weighted by atomic mass is 16.6. The van der Waals surface area contributed by atoms with Crippen LogP contribution < -0.4 is 15.4 Å². The number of carbonyl (C=O) groups is 3. The van der Waals surface area contributed by atoms with Gasteiger partial charge in [0.25, 0.3) is 11.8 Å². The van der Waals surface area contributed by atoms with E-state index in [9.17, 15) is 14.4 Å². The highest BCUT2D eigenvalue weighted by molar-refractivity contribution is 6.00. The van der Waals surface area contributed by atoms with Gasteiger partial charge in [0.05, 0.1) is 7.11 Å². The summed E-state index contributed by atoms with van der Waals surface area (Å²) in [4.78, 5) is 41.6. The molecule has 0 aliphatic heterocycles. The maximum Gasteiger partial charge on any atom is 0.408 e. The first-order valence-corrected chi connectivity index (χ1v) is 12.9. The minimum Gasteiger partial charge on any atom is -0.497 e. The molecule has 210 valence electrons. The van der Waals surface area contributed by atoms with E-state index in [1.165, 1.54) is 7.11 Å². The van der Waals surface area contributed by atoms with E-state index in [0.29, 0.717) is 22.6 Å². The number of ether oxygens (including phenoxy) is 2. The molecule has 0 saturated heterocycles. The number of amides is 3. The largest absolute Gasteiger partial charge is 0.497 e. The Morgan fingerprint density at radius 1 is 0.927 bits per heavy atom. The smallest absolute Gasteiger partial charge is 0.408 e. The zero-order valence-corrected chi connectivity index (χ0v) is 23.5. The van der Waals surface area contributed by atoms with E-state index >= 15 is 0 Å². The van der Waals surface area contributed by atoms with E-state index < -0.39 is 35.6 Å². The summed E-state index contributed by atoms with van der Waals surface area (Å²) >= 11 is 0. The standard InChI is InChI=1S/C33H33N3O5/c1-7-24-16-12-13-17-27(24)29(30(37)34-25-18-20-26(40-6)21-19-25)36(8-2)31(38)28(22-23-14-10-9-11-15-23)35-32(39)41-33(3,4)5/h1-2,9-21,28-29H,22H2,3-6H3,(H,34,37)(H,35,39). The average Bonchev–Trinajstić information content (AvgIpc) is 2.95. The van der Waals surface area contributed by atoms with Crippen molar-refractivity contribution in [3.05, 3.63) is 95.6 Å². The van der Waals surface area contributed by atoms with Crippen molar-refractivity contribution in [3.63, 3.8) is 0 Å². The summed E-state index contributed by atoms with van der Waals surface area (Å²) in [6, 6.07) is 22.4. The van der Waals surface area contributed by atoms with E-state index in [1.54, 1.807) is 69.3 Å². The zero-order chi connectivity index (χ0) is 30.0. The maximum absolute atomic E-state index is 14.1. The molecule has 2 atom stereocenters. The van der Waals surface area contributed by atoms with Gasteiger partial charge in [-0.1, -0.05) is 60.9 Å². The average molecular weight is 552 g/mol. The normalized spacial score (nSPS) is 12.0. The number of hydrogen-bond donors (Lipinski definition) is 2. The van der Waals surface area contributed by atoms with Gasteiger partial charge >= 0.3 is 6.09 Å². The van der Waals surface area contributed by atoms with Gasteiger partial charge in [-0.15, -0.1) is 6.42 Å². The SMILES string of the molecule is C#Cc1ccccc1C(C(=O)Nc1ccc(OC)cc1)N(C#C)C(=O)C(Cc1ccccc1)NC(=O)OC(C)(C)C. The van der Waals surface area contributed by atoms with Gasteiger partial charge in [-0.25, -0.2) is 4.79 Å². The lowest BCUT2D eigenvalue weighted by atomic mass is 9.97. The molecule has 8 nitrogen and oxygen atoms in total. The second-order valence-electron chi connectivity index (χ2n) is 10.1. The lowest BCUT2D eigenvalue weighted by Crippen LogP contribution is -2.51. The molecule has 3 amide bonds. The summed E-state index contributed by atoms with van der Waals surface area (Å²) in [5.41, 5.74) is 1.15. The van der Waals surface area contributed by atoms with Crippen molar-refractivity contribution in [2.45, 2.75) is 44.9 Å². The van der Waals surface area contributed by atoms with Crippen LogP contribution in [0.15, 0.2) is 78.9 Å². The Morgan fingerprint density at radius 2 is 1.56 bits per heavy atom. The number of anilines is 1. The van der Waals surface area contributed by atoms with Gasteiger partial charge in [0.15, 0.2) is 6.04 Å². The van der Waals surface area contributed by atoms with Gasteiger partial charge in [0, 0.05) is 29.3 Å². The molecule has 2 unspecified atom stereocenters. The molecule has 3 rings (SSSR count). The number of hydrogen-bond acceptors (Lipinski definition) is 5. The first-order valence-electron chi connectivity index (χ1n) is 12.9. The molecular weight excluding hydrogens is 518 g/mol. The Labute approximate surface area is 241 Å². The topological polar surface area (TPSA) is 97.0 Å². The van der Waals surface area contributed by atoms with Crippen LogP contribution in [-0.4, -0.2) is 41.6 Å². The maximum atomic E-state index is 14.1. The number of nitrogens with zero attached hydrogens (tertiary/aromatic N) is 1. The first kappa shape index (κ1) is 30.3. The summed E-state index contributed by atoms with van der Waals surface area (Å²) in [5, 5.41) is 5.45. The molecule has 3 aromatic rings. The van der Waals surface area contributed by atoms with Crippen molar-refractivity contribution in [3.8, 4) is 30.6 Å². The molecule has 0 radical (unpaired) electrons. The van der Waals surface area contributed by atoms with E-state index in [2.05, 4.69) is 22.6 Å². The highest BCUT2D eigenvalue weighted by Crippen LogP contribution is 2.27. The number of carbonyl (C=O) groups excluding carboxylic acids is 3. The van der Waals surface area contributed by atoms with E-state index in [0.717, 1.165) is 10.5 Å². The summed E-state index contributed by atoms with van der Waals surface area (Å²) in [5.74, 6) is 1.88. The van der Waals surface area contributed by atoms with Gasteiger partial charge in [-0.2, -0.15) is 0 Å². The second-order valence-corrected chi connectivity index (χ2v) is 10.1. The fourth-order valence-corrected chi connectivity index (χ4v) is 4.08. The predicted molar refractivity (Wildman–Crippen MR) is 158 cm³/mol. The molecule has 2 N–H and O–H groups in total. The van der Waals surface area contributed by atoms with Crippen LogP contribution in [0.2, 0.25) is 0 Å². The van der Waals surface area contributed by atoms with Crippen LogP contribution in [0.3, 0.4) is 0 Å². The molecule has 0 aliphatic carbocycles. The lowest BCUT2D eigenvalue weighted by molar-refractivity contribution is -0.136. The molecule has 0 saturated carbocycles. The fraction of sp³-hybridized carbons (Fsp3) is 0.242. The van der Waals surface area contributed by atoms with E-state index in [1.807, 2.05) is 30.3 Å². The van der Waals surface area contributed by atoms with Crippen molar-refractivity contribution in [2.24, 2.45) is 0 Å². The van der Waals surface area contributed by atoms with E-state index in [-0.39, 0.29) is 6.42 Å². The van der Waals surface area contributed by atoms with Crippen molar-refractivity contribution < 1.29 is 23.9 Å². The number of terminal acetylenes is 2. The van der Waals surface area contributed by atoms with Gasteiger partial charge in [0.1, 0.15) is 17.4 Å². The molecule has 0 heterocycles. The van der Waals surface area contributed by atoms with Crippen molar-refractivity contribution in [2.75, 3.05) is 12.4 Å². The third-order valence-corrected chi connectivity index (χ3v) is 5.92. The zero-order valence-electron chi connectivity index (χ0n) is 23.5. The van der Waals surface area contributed by atoms with Gasteiger partial charge < -0.3 is 20.1 Å². The second kappa shape index (κ2) is 13.7. The lowest BCUT2D eigenvalue weighted by Gasteiger charge is -2.31. The summed E-state index contributed by atoms with van der Waals surface area (Å²) in [6.07, 6.45) is 11.0. The monoisotopic (exact) mass is 551 g/mol. The number of alkyl carbamates (subject to hydrolysis) is 1. The predicted octanol–water partition coefficient (Wildman–Crippen LogP) is 4.91. The van der Waals surface area contributed by atoms with Crippen molar-refractivity contribution in [1.82, 2.24) is 10.2 Å². The molecule has 0 spiro atoms. The molecule has 0 fully saturated rings. The third kappa shape index (κ3) is 8.39. The van der Waals surface area contributed by atoms with Gasteiger partial charge in [-0.3, -0.25) is 14.5 Å². The highest BCUT2D eigenvalue weighted by Gasteiger charge is 2.37. The Balaban J connectivity index is 2.03. The van der Waals surface area contributed by atoms with E-state index in [4.69, 9.17) is 22.3 Å². The first-order chi connectivity index (χ1) is 19.6. The Morgan fingerprint density at radius 3 is 2.15 bits per heavy atom. The molecular formula is C33H33N3O5. The molecule has 3 aromatic carbocycles. The number of nitrogens with one attached hydrogen (secondary N) is 2. The van der Waals surface area contributed by atoms with Crippen LogP contribution in [0.25, 0.3) is 0 Å². The van der Waals surface area contributed by atoms with Crippen LogP contribution in [0.5, 0.6) is 5.75 Å². The van der Waals surface area contributed by atoms with Crippen molar-refractivity contribution >= 4 is 23.6 Å². The Kier molecular flexibility index (Phi) is 10.2. The summed E-state index contributed by atoms with van der Waals surface area (Å²) in [7, 11) is 1.54. The van der Waals surface area contributed by atoms with Crippen LogP contribution in [0.1, 0.15) is 43.5 Å². The molecule has 8 heteroatoms. The van der Waals surface area contributed by atoms with Gasteiger partial charge in [-0.05, 0) is 56.7 Å². The molecule has 0 aromatic heterocycles. The molecule has 41 heavy (non-hydrogen) atoms. The number of rotatable bonds is 9. The van der Waals surface area contributed by atoms with Crippen LogP contribution in [0, 0.1) is 24.8 Å². The minimum absolute atomic E-state index is 0.0979. The minimum atomic E-state index is -1.32.